The first-order valence-electron chi connectivity index (χ1n) is 8.80. The molecular formula is C18H23FN2O3S2. The van der Waals surface area contributed by atoms with Gasteiger partial charge in [0.2, 0.25) is 0 Å². The van der Waals surface area contributed by atoms with Crippen molar-refractivity contribution in [2.45, 2.75) is 44.9 Å². The van der Waals surface area contributed by atoms with Gasteiger partial charge >= 0.3 is 0 Å². The third-order valence-electron chi connectivity index (χ3n) is 5.04. The van der Waals surface area contributed by atoms with Crippen LogP contribution in [-0.2, 0) is 14.6 Å². The number of benzene rings is 1. The van der Waals surface area contributed by atoms with Crippen LogP contribution in [-0.4, -0.2) is 42.3 Å². The summed E-state index contributed by atoms with van der Waals surface area (Å²) in [5.41, 5.74) is 1.06. The van der Waals surface area contributed by atoms with Crippen LogP contribution in [0.4, 0.5) is 10.1 Å². The quantitative estimate of drug-likeness (QED) is 0.779. The summed E-state index contributed by atoms with van der Waals surface area (Å²) < 4.78 is 38.2. The summed E-state index contributed by atoms with van der Waals surface area (Å²) >= 11 is 1.32. The molecule has 2 atom stereocenters. The second-order valence-corrected chi connectivity index (χ2v) is 10.2. The highest BCUT2D eigenvalue weighted by Crippen LogP contribution is 2.41. The van der Waals surface area contributed by atoms with Gasteiger partial charge in [0.15, 0.2) is 15.0 Å². The fourth-order valence-corrected chi connectivity index (χ4v) is 7.34. The number of rotatable bonds is 4. The van der Waals surface area contributed by atoms with E-state index in [-0.39, 0.29) is 40.4 Å². The molecule has 2 aliphatic rings. The van der Waals surface area contributed by atoms with E-state index in [2.05, 4.69) is 4.99 Å². The minimum absolute atomic E-state index is 0.00163. The van der Waals surface area contributed by atoms with Gasteiger partial charge in [-0.3, -0.25) is 4.79 Å². The number of hydrogen-bond donors (Lipinski definition) is 0. The van der Waals surface area contributed by atoms with Crippen molar-refractivity contribution in [1.29, 1.82) is 0 Å². The molecule has 1 aromatic carbocycles. The van der Waals surface area contributed by atoms with E-state index < -0.39 is 9.84 Å². The molecule has 142 valence electrons. The van der Waals surface area contributed by atoms with Gasteiger partial charge in [0, 0.05) is 16.9 Å². The fourth-order valence-electron chi connectivity index (χ4n) is 3.42. The van der Waals surface area contributed by atoms with Gasteiger partial charge in [0.25, 0.3) is 5.91 Å². The highest BCUT2D eigenvalue weighted by molar-refractivity contribution is 8.16. The first-order chi connectivity index (χ1) is 12.3. The summed E-state index contributed by atoms with van der Waals surface area (Å²) in [4.78, 5) is 18.5. The lowest BCUT2D eigenvalue weighted by atomic mass is 10.0. The van der Waals surface area contributed by atoms with Crippen molar-refractivity contribution in [1.82, 2.24) is 0 Å². The molecule has 0 unspecified atom stereocenters. The number of carbonyl (C=O) groups is 1. The van der Waals surface area contributed by atoms with Crippen molar-refractivity contribution >= 4 is 38.4 Å². The molecule has 0 aromatic heterocycles. The monoisotopic (exact) mass is 398 g/mol. The third kappa shape index (κ3) is 3.67. The lowest BCUT2D eigenvalue weighted by Crippen LogP contribution is -2.38. The Morgan fingerprint density at radius 3 is 2.65 bits per heavy atom. The molecule has 3 rings (SSSR count). The number of aliphatic imine (C=N–C) groups is 1. The largest absolute Gasteiger partial charge is 0.315 e. The molecule has 1 aromatic rings. The van der Waals surface area contributed by atoms with Gasteiger partial charge in [0.1, 0.15) is 5.82 Å². The van der Waals surface area contributed by atoms with Crippen LogP contribution in [0.5, 0.6) is 0 Å². The number of sulfone groups is 1. The maximum Gasteiger partial charge on any atom is 0.251 e. The molecule has 0 bridgehead atoms. The summed E-state index contributed by atoms with van der Waals surface area (Å²) in [5, 5.41) is 0.299. The van der Waals surface area contributed by atoms with Crippen LogP contribution >= 0.6 is 11.8 Å². The number of amidine groups is 1. The lowest BCUT2D eigenvalue weighted by Gasteiger charge is -2.25. The van der Waals surface area contributed by atoms with Crippen LogP contribution in [0, 0.1) is 18.7 Å². The van der Waals surface area contributed by atoms with Crippen LogP contribution in [0.15, 0.2) is 23.2 Å². The zero-order valence-corrected chi connectivity index (χ0v) is 16.7. The normalized spacial score (nSPS) is 25.9. The highest BCUT2D eigenvalue weighted by atomic mass is 32.2. The molecule has 0 radical (unpaired) electrons. The van der Waals surface area contributed by atoms with Gasteiger partial charge in [-0.25, -0.2) is 12.8 Å². The van der Waals surface area contributed by atoms with Crippen molar-refractivity contribution in [3.8, 4) is 0 Å². The summed E-state index contributed by atoms with van der Waals surface area (Å²) in [6, 6.07) is 4.48. The van der Waals surface area contributed by atoms with Gasteiger partial charge in [-0.05, 0) is 37.5 Å². The molecule has 2 heterocycles. The Hall–Kier alpha value is -1.41. The summed E-state index contributed by atoms with van der Waals surface area (Å²) in [6.45, 7) is 5.57. The topological polar surface area (TPSA) is 66.8 Å². The second-order valence-electron chi connectivity index (χ2n) is 6.85. The lowest BCUT2D eigenvalue weighted by molar-refractivity contribution is -0.121. The minimum atomic E-state index is -3.14. The van der Waals surface area contributed by atoms with E-state index >= 15 is 0 Å². The Morgan fingerprint density at radius 1 is 1.35 bits per heavy atom. The number of thioether (sulfide) groups is 1. The van der Waals surface area contributed by atoms with Crippen molar-refractivity contribution in [3.63, 3.8) is 0 Å². The number of carbonyl (C=O) groups excluding carboxylic acids is 1. The maximum absolute atomic E-state index is 14.1. The Kier molecular flexibility index (Phi) is 5.44. The van der Waals surface area contributed by atoms with Crippen LogP contribution in [0.2, 0.25) is 0 Å². The Morgan fingerprint density at radius 2 is 2.04 bits per heavy atom. The number of amides is 1. The molecule has 1 amide bonds. The molecule has 0 spiro atoms. The number of halogens is 1. The van der Waals surface area contributed by atoms with Crippen LogP contribution in [0.25, 0.3) is 0 Å². The molecule has 26 heavy (non-hydrogen) atoms. The molecular weight excluding hydrogens is 375 g/mol. The predicted octanol–water partition coefficient (Wildman–Crippen LogP) is 3.17. The number of aryl methyl sites for hydroxylation is 1. The Bertz CT molecular complexity index is 850. The van der Waals surface area contributed by atoms with Crippen LogP contribution < -0.4 is 4.90 Å². The average Bonchev–Trinajstić information content (AvgIpc) is 3.02. The van der Waals surface area contributed by atoms with Crippen molar-refractivity contribution < 1.29 is 17.6 Å². The Labute approximate surface area is 158 Å². The van der Waals surface area contributed by atoms with Crippen molar-refractivity contribution in [2.24, 2.45) is 10.9 Å². The minimum Gasteiger partial charge on any atom is -0.315 e. The predicted molar refractivity (Wildman–Crippen MR) is 104 cm³/mol. The maximum atomic E-state index is 14.1. The summed E-state index contributed by atoms with van der Waals surface area (Å²) in [5.74, 6) is -0.645. The van der Waals surface area contributed by atoms with E-state index in [1.165, 1.54) is 17.8 Å². The first kappa shape index (κ1) is 19.4. The molecule has 0 saturated carbocycles. The molecule has 0 N–H and O–H groups in total. The fraction of sp³-hybridized carbons (Fsp3) is 0.556. The zero-order valence-electron chi connectivity index (χ0n) is 15.1. The standard InChI is InChI=1S/C18H23FN2O3S2/c1-4-12(5-2)17(22)20-18-21(13-7-6-11(3)14(19)8-13)15-9-26(23,24)10-16(15)25-18/h6-8,12,15-16H,4-5,9-10H2,1-3H3/t15-,16+/m0/s1. The smallest absolute Gasteiger partial charge is 0.251 e. The third-order valence-corrected chi connectivity index (χ3v) is 8.25. The molecule has 0 aliphatic carbocycles. The van der Waals surface area contributed by atoms with Gasteiger partial charge < -0.3 is 4.90 Å². The van der Waals surface area contributed by atoms with Gasteiger partial charge in [-0.2, -0.15) is 4.99 Å². The zero-order chi connectivity index (χ0) is 19.1. The van der Waals surface area contributed by atoms with E-state index in [1.807, 2.05) is 13.8 Å². The Balaban J connectivity index is 2.01. The van der Waals surface area contributed by atoms with Gasteiger partial charge in [-0.1, -0.05) is 31.7 Å². The highest BCUT2D eigenvalue weighted by Gasteiger charge is 2.49. The summed E-state index contributed by atoms with van der Waals surface area (Å²) in [7, 11) is -3.14. The van der Waals surface area contributed by atoms with E-state index in [4.69, 9.17) is 0 Å². The number of anilines is 1. The SMILES string of the molecule is CCC(CC)C(=O)N=C1S[C@@H]2CS(=O)(=O)C[C@@H]2N1c1ccc(C)c(F)c1. The molecule has 2 saturated heterocycles. The average molecular weight is 399 g/mol. The van der Waals surface area contributed by atoms with Crippen LogP contribution in [0.3, 0.4) is 0 Å². The van der Waals surface area contributed by atoms with E-state index in [0.717, 1.165) is 0 Å². The van der Waals surface area contributed by atoms with Crippen molar-refractivity contribution in [2.75, 3.05) is 16.4 Å². The first-order valence-corrected chi connectivity index (χ1v) is 11.5. The molecule has 2 fully saturated rings. The van der Waals surface area contributed by atoms with Crippen molar-refractivity contribution in [3.05, 3.63) is 29.6 Å². The van der Waals surface area contributed by atoms with Gasteiger partial charge in [0.05, 0.1) is 17.5 Å². The number of hydrogen-bond acceptors (Lipinski definition) is 4. The van der Waals surface area contributed by atoms with Crippen LogP contribution in [0.1, 0.15) is 32.3 Å². The molecule has 2 aliphatic heterocycles. The summed E-state index contributed by atoms with van der Waals surface area (Å²) in [6.07, 6.45) is 1.41. The second kappa shape index (κ2) is 7.31. The molecule has 8 heteroatoms. The number of nitrogens with zero attached hydrogens (tertiary/aromatic N) is 2. The molecule has 5 nitrogen and oxygen atoms in total. The number of fused-ring (bicyclic) bond motifs is 1. The van der Waals surface area contributed by atoms with E-state index in [0.29, 0.717) is 29.3 Å². The van der Waals surface area contributed by atoms with Gasteiger partial charge in [-0.15, -0.1) is 0 Å². The van der Waals surface area contributed by atoms with E-state index in [1.54, 1.807) is 24.0 Å². The van der Waals surface area contributed by atoms with E-state index in [9.17, 15) is 17.6 Å².